The van der Waals surface area contributed by atoms with Crippen molar-refractivity contribution >= 4 is 35.0 Å². The summed E-state index contributed by atoms with van der Waals surface area (Å²) in [5.74, 6) is -1.78. The average Bonchev–Trinajstić information content (AvgIpc) is 2.36. The molecule has 0 aliphatic carbocycles. The van der Waals surface area contributed by atoms with Crippen LogP contribution in [0, 0.1) is 5.92 Å². The Morgan fingerprint density at radius 2 is 2.21 bits per heavy atom. The molecule has 1 aliphatic rings. The molecule has 19 heavy (non-hydrogen) atoms. The molecule has 0 aromatic carbocycles. The molecule has 2 unspecified atom stereocenters. The maximum Gasteiger partial charge on any atom is 0.352 e. The molecule has 0 radical (unpaired) electrons. The van der Waals surface area contributed by atoms with E-state index in [0.717, 1.165) is 11.8 Å². The minimum Gasteiger partial charge on any atom is -0.478 e. The Labute approximate surface area is 115 Å². The smallest absolute Gasteiger partial charge is 0.352 e. The van der Waals surface area contributed by atoms with E-state index in [1.165, 1.54) is 13.1 Å². The van der Waals surface area contributed by atoms with Gasteiger partial charge in [0.1, 0.15) is 0 Å². The maximum atomic E-state index is 11.9. The molecule has 2 atom stereocenters. The van der Waals surface area contributed by atoms with E-state index in [1.54, 1.807) is 19.1 Å². The van der Waals surface area contributed by atoms with Crippen molar-refractivity contribution in [1.29, 1.82) is 0 Å². The number of carboxylic acid groups (broad SMARTS) is 1. The number of dihydropyridines is 1. The molecule has 1 heterocycles. The summed E-state index contributed by atoms with van der Waals surface area (Å²) in [4.78, 5) is 37.9. The molecule has 1 amide bonds. The maximum absolute atomic E-state index is 11.9. The number of aliphatic imine (C=N–C) groups is 1. The van der Waals surface area contributed by atoms with E-state index in [0.29, 0.717) is 5.75 Å². The fourth-order valence-electron chi connectivity index (χ4n) is 1.45. The van der Waals surface area contributed by atoms with E-state index < -0.39 is 23.5 Å². The number of hydrogen-bond donors (Lipinski definition) is 2. The first-order valence-electron chi connectivity index (χ1n) is 5.76. The Balaban J connectivity index is 2.67. The Morgan fingerprint density at radius 1 is 1.53 bits per heavy atom. The van der Waals surface area contributed by atoms with E-state index in [-0.39, 0.29) is 11.5 Å². The average molecular weight is 284 g/mol. The fraction of sp³-hybridized carbons (Fsp3) is 0.500. The van der Waals surface area contributed by atoms with Crippen molar-refractivity contribution in [2.24, 2.45) is 10.9 Å². The molecule has 0 aromatic rings. The molecular weight excluding hydrogens is 268 g/mol. The summed E-state index contributed by atoms with van der Waals surface area (Å²) in [5, 5.41) is 11.6. The molecule has 1 rings (SSSR count). The SMILES string of the molecule is CC(=O)SCC(C)C(=O)NC1(C(=O)O)CC=CC=N1. The molecule has 7 heteroatoms. The van der Waals surface area contributed by atoms with Crippen molar-refractivity contribution in [2.75, 3.05) is 5.75 Å². The highest BCUT2D eigenvalue weighted by atomic mass is 32.2. The third kappa shape index (κ3) is 4.20. The molecule has 0 bridgehead atoms. The number of hydrogen-bond acceptors (Lipinski definition) is 5. The van der Waals surface area contributed by atoms with Crippen molar-refractivity contribution in [3.05, 3.63) is 12.2 Å². The van der Waals surface area contributed by atoms with Gasteiger partial charge in [-0.15, -0.1) is 0 Å². The van der Waals surface area contributed by atoms with Gasteiger partial charge in [-0.05, 0) is 6.08 Å². The van der Waals surface area contributed by atoms with Gasteiger partial charge in [-0.2, -0.15) is 0 Å². The topological polar surface area (TPSA) is 95.8 Å². The molecule has 0 saturated heterocycles. The number of aliphatic carboxylic acids is 1. The summed E-state index contributed by atoms with van der Waals surface area (Å²) in [6, 6.07) is 0. The van der Waals surface area contributed by atoms with Crippen LogP contribution in [0.15, 0.2) is 17.1 Å². The van der Waals surface area contributed by atoms with Gasteiger partial charge in [0, 0.05) is 31.2 Å². The lowest BCUT2D eigenvalue weighted by atomic mass is 10.0. The molecule has 0 saturated carbocycles. The molecule has 0 aromatic heterocycles. The van der Waals surface area contributed by atoms with Crippen LogP contribution in [0.2, 0.25) is 0 Å². The zero-order chi connectivity index (χ0) is 14.5. The fourth-order valence-corrected chi connectivity index (χ4v) is 2.08. The zero-order valence-electron chi connectivity index (χ0n) is 10.8. The lowest BCUT2D eigenvalue weighted by Crippen LogP contribution is -2.55. The summed E-state index contributed by atoms with van der Waals surface area (Å²) >= 11 is 1.04. The third-order valence-electron chi connectivity index (χ3n) is 2.60. The molecule has 2 N–H and O–H groups in total. The highest BCUT2D eigenvalue weighted by Crippen LogP contribution is 2.18. The molecule has 1 aliphatic heterocycles. The number of allylic oxidation sites excluding steroid dienone is 1. The minimum absolute atomic E-state index is 0.0776. The number of amides is 1. The van der Waals surface area contributed by atoms with Gasteiger partial charge in [0.05, 0.1) is 0 Å². The molecule has 0 fully saturated rings. The summed E-state index contributed by atoms with van der Waals surface area (Å²) in [6.07, 6.45) is 4.72. The van der Waals surface area contributed by atoms with Gasteiger partial charge in [0.15, 0.2) is 5.12 Å². The summed E-state index contributed by atoms with van der Waals surface area (Å²) in [6.45, 7) is 3.06. The largest absolute Gasteiger partial charge is 0.478 e. The predicted molar refractivity (Wildman–Crippen MR) is 73.1 cm³/mol. The van der Waals surface area contributed by atoms with Crippen LogP contribution in [0.3, 0.4) is 0 Å². The summed E-state index contributed by atoms with van der Waals surface area (Å²) in [5.41, 5.74) is -1.62. The first-order chi connectivity index (χ1) is 8.87. The second-order valence-corrected chi connectivity index (χ2v) is 5.47. The van der Waals surface area contributed by atoms with E-state index in [2.05, 4.69) is 10.3 Å². The quantitative estimate of drug-likeness (QED) is 0.779. The third-order valence-corrected chi connectivity index (χ3v) is 3.67. The number of carbonyl (C=O) groups excluding carboxylic acids is 2. The van der Waals surface area contributed by atoms with Crippen molar-refractivity contribution in [3.63, 3.8) is 0 Å². The Bertz CT molecular complexity index is 447. The highest BCUT2D eigenvalue weighted by Gasteiger charge is 2.40. The van der Waals surface area contributed by atoms with Gasteiger partial charge in [0.25, 0.3) is 0 Å². The van der Waals surface area contributed by atoms with Crippen molar-refractivity contribution in [2.45, 2.75) is 25.9 Å². The Kier molecular flexibility index (Phi) is 5.29. The Morgan fingerprint density at radius 3 is 2.68 bits per heavy atom. The first-order valence-corrected chi connectivity index (χ1v) is 6.75. The van der Waals surface area contributed by atoms with Crippen LogP contribution in [-0.2, 0) is 14.4 Å². The number of nitrogens with zero attached hydrogens (tertiary/aromatic N) is 1. The van der Waals surface area contributed by atoms with E-state index >= 15 is 0 Å². The van der Waals surface area contributed by atoms with E-state index in [1.807, 2.05) is 0 Å². The second-order valence-electron chi connectivity index (χ2n) is 4.27. The van der Waals surface area contributed by atoms with Gasteiger partial charge in [-0.3, -0.25) is 14.6 Å². The van der Waals surface area contributed by atoms with Gasteiger partial charge < -0.3 is 10.4 Å². The predicted octanol–water partition coefficient (Wildman–Crippen LogP) is 0.830. The lowest BCUT2D eigenvalue weighted by molar-refractivity contribution is -0.147. The normalized spacial score (nSPS) is 22.8. The second kappa shape index (κ2) is 6.51. The first kappa shape index (κ1) is 15.4. The monoisotopic (exact) mass is 284 g/mol. The zero-order valence-corrected chi connectivity index (χ0v) is 11.6. The number of rotatable bonds is 5. The summed E-state index contributed by atoms with van der Waals surface area (Å²) in [7, 11) is 0. The van der Waals surface area contributed by atoms with Crippen LogP contribution in [-0.4, -0.2) is 39.7 Å². The lowest BCUT2D eigenvalue weighted by Gasteiger charge is -2.28. The number of nitrogens with one attached hydrogen (secondary N) is 1. The van der Waals surface area contributed by atoms with E-state index in [4.69, 9.17) is 0 Å². The molecule has 104 valence electrons. The van der Waals surface area contributed by atoms with Gasteiger partial charge in [-0.1, -0.05) is 24.8 Å². The van der Waals surface area contributed by atoms with Gasteiger partial charge in [-0.25, -0.2) is 4.79 Å². The van der Waals surface area contributed by atoms with Crippen molar-refractivity contribution in [3.8, 4) is 0 Å². The van der Waals surface area contributed by atoms with Crippen LogP contribution >= 0.6 is 11.8 Å². The highest BCUT2D eigenvalue weighted by molar-refractivity contribution is 8.13. The molecule has 0 spiro atoms. The van der Waals surface area contributed by atoms with E-state index in [9.17, 15) is 19.5 Å². The van der Waals surface area contributed by atoms with Crippen LogP contribution in [0.25, 0.3) is 0 Å². The van der Waals surface area contributed by atoms with Crippen molar-refractivity contribution < 1.29 is 19.5 Å². The number of carboxylic acids is 1. The standard InChI is InChI=1S/C12H16N2O4S/c1-8(7-19-9(2)15)10(16)14-12(11(17)18)5-3-4-6-13-12/h3-4,6,8H,5,7H2,1-2H3,(H,14,16)(H,17,18). The van der Waals surface area contributed by atoms with Crippen LogP contribution < -0.4 is 5.32 Å². The van der Waals surface area contributed by atoms with Crippen molar-refractivity contribution in [1.82, 2.24) is 5.32 Å². The number of carbonyl (C=O) groups is 3. The summed E-state index contributed by atoms with van der Waals surface area (Å²) < 4.78 is 0. The number of thioether (sulfide) groups is 1. The van der Waals surface area contributed by atoms with Crippen LogP contribution in [0.5, 0.6) is 0 Å². The van der Waals surface area contributed by atoms with Crippen LogP contribution in [0.4, 0.5) is 0 Å². The minimum atomic E-state index is -1.62. The van der Waals surface area contributed by atoms with Gasteiger partial charge >= 0.3 is 5.97 Å². The Hall–Kier alpha value is -1.63. The molecule has 6 nitrogen and oxygen atoms in total. The molecular formula is C12H16N2O4S. The van der Waals surface area contributed by atoms with Crippen LogP contribution in [0.1, 0.15) is 20.3 Å². The van der Waals surface area contributed by atoms with Gasteiger partial charge in [0.2, 0.25) is 11.6 Å².